The van der Waals surface area contributed by atoms with E-state index in [2.05, 4.69) is 16.8 Å². The van der Waals surface area contributed by atoms with Gasteiger partial charge in [-0.3, -0.25) is 4.90 Å². The van der Waals surface area contributed by atoms with Crippen LogP contribution in [0.2, 0.25) is 0 Å². The maximum atomic E-state index is 10.3. The first-order valence-electron chi connectivity index (χ1n) is 4.32. The predicted octanol–water partition coefficient (Wildman–Crippen LogP) is 0.0544. The van der Waals surface area contributed by atoms with E-state index in [0.717, 1.165) is 26.2 Å². The zero-order valence-corrected chi connectivity index (χ0v) is 7.25. The summed E-state index contributed by atoms with van der Waals surface area (Å²) in [5.74, 6) is 0. The Kier molecular flexibility index (Phi) is 3.83. The van der Waals surface area contributed by atoms with Crippen LogP contribution in [0.25, 0.3) is 0 Å². The van der Waals surface area contributed by atoms with Gasteiger partial charge in [-0.05, 0) is 26.6 Å². The summed E-state index contributed by atoms with van der Waals surface area (Å²) in [6.07, 6.45) is 1.20. The van der Waals surface area contributed by atoms with Gasteiger partial charge in [-0.25, -0.2) is 5.11 Å². The summed E-state index contributed by atoms with van der Waals surface area (Å²) >= 11 is 0. The molecule has 1 saturated heterocycles. The van der Waals surface area contributed by atoms with Crippen molar-refractivity contribution in [3.05, 3.63) is 0 Å². The fourth-order valence-corrected chi connectivity index (χ4v) is 1.45. The molecule has 1 aliphatic rings. The van der Waals surface area contributed by atoms with Crippen LogP contribution in [0.15, 0.2) is 0 Å². The lowest BCUT2D eigenvalue weighted by molar-refractivity contribution is 0.142. The Bertz CT molecular complexity index is 108. The lowest BCUT2D eigenvalue weighted by atomic mass is 10.4. The lowest BCUT2D eigenvalue weighted by Crippen LogP contribution is -2.30. The Morgan fingerprint density at radius 1 is 1.18 bits per heavy atom. The highest BCUT2D eigenvalue weighted by Gasteiger charge is 2.10. The van der Waals surface area contributed by atoms with Crippen molar-refractivity contribution in [2.24, 2.45) is 0 Å². The van der Waals surface area contributed by atoms with Crippen molar-refractivity contribution in [2.75, 3.05) is 46.4 Å². The summed E-state index contributed by atoms with van der Waals surface area (Å²) in [6.45, 7) is 5.23. The summed E-state index contributed by atoms with van der Waals surface area (Å²) in [6, 6.07) is 0. The van der Waals surface area contributed by atoms with Crippen molar-refractivity contribution in [1.82, 2.24) is 9.80 Å². The van der Waals surface area contributed by atoms with Crippen molar-refractivity contribution in [1.29, 1.82) is 0 Å². The molecule has 0 spiro atoms. The number of nitrogens with zero attached hydrogens (tertiary/aromatic N) is 2. The summed E-state index contributed by atoms with van der Waals surface area (Å²) in [5, 5.41) is 10.3. The van der Waals surface area contributed by atoms with Gasteiger partial charge in [-0.2, -0.15) is 0 Å². The van der Waals surface area contributed by atoms with Gasteiger partial charge in [0.15, 0.2) is 0 Å². The highest BCUT2D eigenvalue weighted by atomic mass is 16.3. The van der Waals surface area contributed by atoms with E-state index >= 15 is 0 Å². The van der Waals surface area contributed by atoms with Gasteiger partial charge in [0.05, 0.1) is 6.61 Å². The van der Waals surface area contributed by atoms with E-state index in [1.807, 2.05) is 0 Å². The minimum Gasteiger partial charge on any atom is -0.305 e. The van der Waals surface area contributed by atoms with Crippen LogP contribution in [0.1, 0.15) is 6.42 Å². The van der Waals surface area contributed by atoms with Crippen molar-refractivity contribution >= 4 is 0 Å². The molecule has 65 valence electrons. The highest BCUT2D eigenvalue weighted by molar-refractivity contribution is 4.66. The Morgan fingerprint density at radius 2 is 2.00 bits per heavy atom. The van der Waals surface area contributed by atoms with Gasteiger partial charge in [0, 0.05) is 19.6 Å². The zero-order valence-electron chi connectivity index (χ0n) is 7.25. The van der Waals surface area contributed by atoms with E-state index < -0.39 is 0 Å². The molecule has 0 aromatic carbocycles. The molecular weight excluding hydrogens is 140 g/mol. The van der Waals surface area contributed by atoms with E-state index in [-0.39, 0.29) is 6.61 Å². The Hall–Kier alpha value is -0.120. The first-order chi connectivity index (χ1) is 5.33. The second-order valence-electron chi connectivity index (χ2n) is 3.20. The third kappa shape index (κ3) is 3.18. The minimum atomic E-state index is 0.0454. The smallest absolute Gasteiger partial charge is 0.0949 e. The van der Waals surface area contributed by atoms with Gasteiger partial charge in [-0.1, -0.05) is 0 Å². The predicted molar refractivity (Wildman–Crippen MR) is 44.1 cm³/mol. The van der Waals surface area contributed by atoms with Gasteiger partial charge >= 0.3 is 0 Å². The number of rotatable bonds is 2. The van der Waals surface area contributed by atoms with Crippen LogP contribution in [-0.4, -0.2) is 56.2 Å². The number of likely N-dealkylation sites (N-methyl/N-ethyl adjacent to an activating group) is 1. The van der Waals surface area contributed by atoms with Crippen LogP contribution >= 0.6 is 0 Å². The first-order valence-corrected chi connectivity index (χ1v) is 4.32. The molecule has 1 aliphatic heterocycles. The van der Waals surface area contributed by atoms with Crippen LogP contribution in [0, 0.1) is 0 Å². The zero-order chi connectivity index (χ0) is 8.10. The number of hydrogen-bond donors (Lipinski definition) is 0. The molecule has 0 saturated carbocycles. The third-order valence-electron chi connectivity index (χ3n) is 2.22. The second kappa shape index (κ2) is 4.70. The Labute approximate surface area is 68.6 Å². The third-order valence-corrected chi connectivity index (χ3v) is 2.22. The van der Waals surface area contributed by atoms with Crippen LogP contribution < -0.4 is 0 Å². The monoisotopic (exact) mass is 157 g/mol. The fourth-order valence-electron chi connectivity index (χ4n) is 1.45. The van der Waals surface area contributed by atoms with Crippen molar-refractivity contribution in [3.63, 3.8) is 0 Å². The summed E-state index contributed by atoms with van der Waals surface area (Å²) in [5.41, 5.74) is 0. The van der Waals surface area contributed by atoms with Crippen molar-refractivity contribution < 1.29 is 5.11 Å². The van der Waals surface area contributed by atoms with Gasteiger partial charge in [-0.15, -0.1) is 0 Å². The molecule has 0 unspecified atom stereocenters. The first kappa shape index (κ1) is 8.97. The van der Waals surface area contributed by atoms with E-state index in [1.54, 1.807) is 0 Å². The molecule has 0 N–H and O–H groups in total. The molecule has 3 nitrogen and oxygen atoms in total. The topological polar surface area (TPSA) is 26.4 Å². The van der Waals surface area contributed by atoms with Crippen LogP contribution in [0.5, 0.6) is 0 Å². The van der Waals surface area contributed by atoms with E-state index in [4.69, 9.17) is 0 Å². The van der Waals surface area contributed by atoms with Gasteiger partial charge in [0.2, 0.25) is 0 Å². The standard InChI is InChI=1S/C8H17N2O/c1-9-3-2-4-10(6-5-9)7-8-11/h2-8H2,1H3. The molecule has 1 radical (unpaired) electrons. The molecule has 3 heteroatoms. The molecule has 0 atom stereocenters. The van der Waals surface area contributed by atoms with Crippen LogP contribution in [0.3, 0.4) is 0 Å². The van der Waals surface area contributed by atoms with Crippen molar-refractivity contribution in [2.45, 2.75) is 6.42 Å². The molecule has 0 aromatic rings. The molecular formula is C8H17N2O. The van der Waals surface area contributed by atoms with Gasteiger partial charge in [0.1, 0.15) is 0 Å². The molecule has 1 rings (SSSR count). The highest BCUT2D eigenvalue weighted by Crippen LogP contribution is 1.99. The average molecular weight is 157 g/mol. The summed E-state index contributed by atoms with van der Waals surface area (Å²) in [7, 11) is 2.14. The molecule has 11 heavy (non-hydrogen) atoms. The molecule has 0 aliphatic carbocycles. The second-order valence-corrected chi connectivity index (χ2v) is 3.20. The Morgan fingerprint density at radius 3 is 2.73 bits per heavy atom. The van der Waals surface area contributed by atoms with E-state index in [9.17, 15) is 5.11 Å². The Balaban J connectivity index is 2.22. The molecule has 1 fully saturated rings. The van der Waals surface area contributed by atoms with Gasteiger partial charge in [0.25, 0.3) is 0 Å². The summed E-state index contributed by atoms with van der Waals surface area (Å²) in [4.78, 5) is 4.58. The number of hydrogen-bond acceptors (Lipinski definition) is 2. The largest absolute Gasteiger partial charge is 0.305 e. The average Bonchev–Trinajstić information content (AvgIpc) is 2.17. The SMILES string of the molecule is CN1CCCN(CC[O])CC1. The molecule has 1 heterocycles. The van der Waals surface area contributed by atoms with E-state index in [0.29, 0.717) is 0 Å². The molecule has 0 aromatic heterocycles. The summed E-state index contributed by atoms with van der Waals surface area (Å²) < 4.78 is 0. The molecule has 0 amide bonds. The minimum absolute atomic E-state index is 0.0454. The lowest BCUT2D eigenvalue weighted by Gasteiger charge is -2.17. The maximum absolute atomic E-state index is 10.3. The van der Waals surface area contributed by atoms with Crippen LogP contribution in [-0.2, 0) is 5.11 Å². The molecule has 0 bridgehead atoms. The van der Waals surface area contributed by atoms with Crippen molar-refractivity contribution in [3.8, 4) is 0 Å². The van der Waals surface area contributed by atoms with Gasteiger partial charge < -0.3 is 4.90 Å². The fraction of sp³-hybridized carbons (Fsp3) is 1.00. The van der Waals surface area contributed by atoms with E-state index in [1.165, 1.54) is 13.0 Å². The maximum Gasteiger partial charge on any atom is 0.0949 e. The quantitative estimate of drug-likeness (QED) is 0.566. The van der Waals surface area contributed by atoms with Crippen LogP contribution in [0.4, 0.5) is 0 Å². The normalized spacial score (nSPS) is 23.5.